The Hall–Kier alpha value is -1.97. The van der Waals surface area contributed by atoms with Gasteiger partial charge in [0.15, 0.2) is 11.4 Å². The first-order valence-corrected chi connectivity index (χ1v) is 6.91. The largest absolute Gasteiger partial charge is 0.491 e. The van der Waals surface area contributed by atoms with Gasteiger partial charge in [-0.3, -0.25) is 9.59 Å². The van der Waals surface area contributed by atoms with Gasteiger partial charge in [0.25, 0.3) is 11.3 Å². The summed E-state index contributed by atoms with van der Waals surface area (Å²) in [4.78, 5) is 23.7. The monoisotopic (exact) mass is 403 g/mol. The fraction of sp³-hybridized carbons (Fsp3) is 0.154. The van der Waals surface area contributed by atoms with Gasteiger partial charge < -0.3 is 10.1 Å². The molecule has 0 bridgehead atoms. The summed E-state index contributed by atoms with van der Waals surface area (Å²) in [5.41, 5.74) is -0.910. The number of carbonyl (C=O) groups is 1. The molecule has 0 aliphatic rings. The first-order valence-electron chi connectivity index (χ1n) is 5.83. The predicted octanol–water partition coefficient (Wildman–Crippen LogP) is 1.34. The van der Waals surface area contributed by atoms with Crippen molar-refractivity contribution in [2.45, 2.75) is 0 Å². The van der Waals surface area contributed by atoms with Crippen molar-refractivity contribution in [1.29, 1.82) is 0 Å². The molecule has 0 spiro atoms. The van der Waals surface area contributed by atoms with Gasteiger partial charge in [0.05, 0.1) is 13.3 Å². The van der Waals surface area contributed by atoms with E-state index in [9.17, 15) is 14.0 Å². The maximum Gasteiger partial charge on any atom is 0.275 e. The number of halogens is 2. The van der Waals surface area contributed by atoms with Crippen molar-refractivity contribution in [2.75, 3.05) is 14.2 Å². The molecule has 110 valence electrons. The van der Waals surface area contributed by atoms with Gasteiger partial charge in [0, 0.05) is 10.6 Å². The summed E-state index contributed by atoms with van der Waals surface area (Å²) in [6.07, 6.45) is 1.24. The third-order valence-electron chi connectivity index (χ3n) is 2.70. The molecule has 2 rings (SSSR count). The van der Waals surface area contributed by atoms with Gasteiger partial charge in [-0.05, 0) is 40.8 Å². The standard InChI is InChI=1S/C13H11FIN3O3/c1-16-13(20)11-12(19)10(21-2)6-18(17-11)9-4-3-7(15)5-8(9)14/h3-6H,1-2H3,(H,16,20). The van der Waals surface area contributed by atoms with Crippen LogP contribution >= 0.6 is 22.6 Å². The average Bonchev–Trinajstić information content (AvgIpc) is 2.47. The fourth-order valence-electron chi connectivity index (χ4n) is 1.67. The molecule has 1 aromatic heterocycles. The molecule has 1 heterocycles. The van der Waals surface area contributed by atoms with Crippen molar-refractivity contribution < 1.29 is 13.9 Å². The van der Waals surface area contributed by atoms with E-state index in [1.807, 2.05) is 22.6 Å². The molecule has 0 atom stereocenters. The number of rotatable bonds is 3. The number of ether oxygens (including phenoxy) is 1. The van der Waals surface area contributed by atoms with E-state index in [4.69, 9.17) is 4.74 Å². The van der Waals surface area contributed by atoms with E-state index in [1.54, 1.807) is 6.07 Å². The Morgan fingerprint density at radius 2 is 2.19 bits per heavy atom. The number of amides is 1. The summed E-state index contributed by atoms with van der Waals surface area (Å²) in [6, 6.07) is 4.51. The molecule has 1 aromatic carbocycles. The molecule has 1 amide bonds. The van der Waals surface area contributed by atoms with Crippen LogP contribution in [0.25, 0.3) is 5.69 Å². The lowest BCUT2D eigenvalue weighted by Crippen LogP contribution is -2.29. The molecule has 1 N–H and O–H groups in total. The molecular weight excluding hydrogens is 392 g/mol. The number of benzene rings is 1. The molecule has 0 aliphatic heterocycles. The van der Waals surface area contributed by atoms with E-state index in [-0.39, 0.29) is 17.1 Å². The van der Waals surface area contributed by atoms with Gasteiger partial charge in [-0.1, -0.05) is 0 Å². The van der Waals surface area contributed by atoms with Crippen LogP contribution in [0.4, 0.5) is 4.39 Å². The van der Waals surface area contributed by atoms with E-state index in [2.05, 4.69) is 10.4 Å². The molecule has 0 radical (unpaired) electrons. The van der Waals surface area contributed by atoms with Crippen LogP contribution in [0.2, 0.25) is 0 Å². The predicted molar refractivity (Wildman–Crippen MR) is 82.5 cm³/mol. The van der Waals surface area contributed by atoms with Crippen molar-refractivity contribution >= 4 is 28.5 Å². The zero-order valence-electron chi connectivity index (χ0n) is 11.2. The van der Waals surface area contributed by atoms with Gasteiger partial charge in [-0.2, -0.15) is 5.10 Å². The second kappa shape index (κ2) is 6.20. The highest BCUT2D eigenvalue weighted by Crippen LogP contribution is 2.17. The second-order valence-electron chi connectivity index (χ2n) is 3.99. The molecule has 0 unspecified atom stereocenters. The van der Waals surface area contributed by atoms with E-state index in [0.717, 1.165) is 4.68 Å². The second-order valence-corrected chi connectivity index (χ2v) is 5.24. The fourth-order valence-corrected chi connectivity index (χ4v) is 2.12. The summed E-state index contributed by atoms with van der Waals surface area (Å²) in [5, 5.41) is 6.19. The van der Waals surface area contributed by atoms with Crippen LogP contribution in [0.15, 0.2) is 29.2 Å². The number of methoxy groups -OCH3 is 1. The number of aromatic nitrogens is 2. The van der Waals surface area contributed by atoms with Crippen molar-refractivity contribution in [3.8, 4) is 11.4 Å². The lowest BCUT2D eigenvalue weighted by molar-refractivity contribution is 0.0954. The number of nitrogens with one attached hydrogen (secondary N) is 1. The van der Waals surface area contributed by atoms with Crippen molar-refractivity contribution in [2.24, 2.45) is 0 Å². The number of carbonyl (C=O) groups excluding carboxylic acids is 1. The minimum Gasteiger partial charge on any atom is -0.491 e. The van der Waals surface area contributed by atoms with E-state index in [0.29, 0.717) is 3.57 Å². The van der Waals surface area contributed by atoms with E-state index in [1.165, 1.54) is 32.5 Å². The summed E-state index contributed by atoms with van der Waals surface area (Å²) < 4.78 is 20.8. The van der Waals surface area contributed by atoms with Crippen LogP contribution in [0.3, 0.4) is 0 Å². The SMILES string of the molecule is CNC(=O)c1nn(-c2ccc(I)cc2F)cc(OC)c1=O. The summed E-state index contributed by atoms with van der Waals surface area (Å²) in [6.45, 7) is 0. The lowest BCUT2D eigenvalue weighted by atomic mass is 10.3. The molecular formula is C13H11FIN3O3. The third-order valence-corrected chi connectivity index (χ3v) is 3.38. The Morgan fingerprint density at radius 1 is 1.48 bits per heavy atom. The molecule has 0 fully saturated rings. The summed E-state index contributed by atoms with van der Waals surface area (Å²) >= 11 is 1.98. The summed E-state index contributed by atoms with van der Waals surface area (Å²) in [7, 11) is 2.66. The highest BCUT2D eigenvalue weighted by molar-refractivity contribution is 14.1. The lowest BCUT2D eigenvalue weighted by Gasteiger charge is -2.10. The Labute approximate surface area is 133 Å². The van der Waals surface area contributed by atoms with Crippen LogP contribution in [0.5, 0.6) is 5.75 Å². The maximum absolute atomic E-state index is 14.0. The molecule has 6 nitrogen and oxygen atoms in total. The third kappa shape index (κ3) is 3.04. The molecule has 21 heavy (non-hydrogen) atoms. The average molecular weight is 403 g/mol. The van der Waals surface area contributed by atoms with Crippen molar-refractivity contribution in [3.05, 3.63) is 49.7 Å². The highest BCUT2D eigenvalue weighted by Gasteiger charge is 2.18. The van der Waals surface area contributed by atoms with Gasteiger partial charge in [0.2, 0.25) is 0 Å². The van der Waals surface area contributed by atoms with Crippen molar-refractivity contribution in [3.63, 3.8) is 0 Å². The number of hydrogen-bond acceptors (Lipinski definition) is 4. The van der Waals surface area contributed by atoms with Crippen LogP contribution in [-0.2, 0) is 0 Å². The van der Waals surface area contributed by atoms with Crippen molar-refractivity contribution in [1.82, 2.24) is 15.1 Å². The van der Waals surface area contributed by atoms with Crippen LogP contribution in [0, 0.1) is 9.39 Å². The minimum absolute atomic E-state index is 0.0958. The zero-order chi connectivity index (χ0) is 15.6. The molecule has 0 saturated heterocycles. The van der Waals surface area contributed by atoms with Gasteiger partial charge >= 0.3 is 0 Å². The minimum atomic E-state index is -0.668. The molecule has 8 heteroatoms. The number of hydrogen-bond donors (Lipinski definition) is 1. The highest BCUT2D eigenvalue weighted by atomic mass is 127. The van der Waals surface area contributed by atoms with Crippen LogP contribution in [-0.4, -0.2) is 29.8 Å². The first kappa shape index (κ1) is 15.4. The normalized spacial score (nSPS) is 10.3. The Bertz CT molecular complexity index is 761. The maximum atomic E-state index is 14.0. The Balaban J connectivity index is 2.69. The van der Waals surface area contributed by atoms with Gasteiger partial charge in [-0.25, -0.2) is 9.07 Å². The van der Waals surface area contributed by atoms with E-state index >= 15 is 0 Å². The van der Waals surface area contributed by atoms with Crippen LogP contribution in [0.1, 0.15) is 10.5 Å². The van der Waals surface area contributed by atoms with E-state index < -0.39 is 17.2 Å². The zero-order valence-corrected chi connectivity index (χ0v) is 13.3. The number of nitrogens with zero attached hydrogens (tertiary/aromatic N) is 2. The van der Waals surface area contributed by atoms with Gasteiger partial charge in [0.1, 0.15) is 11.5 Å². The molecule has 0 saturated carbocycles. The molecule has 2 aromatic rings. The quantitative estimate of drug-likeness (QED) is 0.786. The Morgan fingerprint density at radius 3 is 2.76 bits per heavy atom. The Kier molecular flexibility index (Phi) is 4.56. The smallest absolute Gasteiger partial charge is 0.275 e. The van der Waals surface area contributed by atoms with Gasteiger partial charge in [-0.15, -0.1) is 0 Å². The molecule has 0 aliphatic carbocycles. The first-order chi connectivity index (χ1) is 9.97. The summed E-state index contributed by atoms with van der Waals surface area (Å²) in [5.74, 6) is -1.29. The topological polar surface area (TPSA) is 73.2 Å². The van der Waals surface area contributed by atoms with Crippen LogP contribution < -0.4 is 15.5 Å².